The van der Waals surface area contributed by atoms with Crippen molar-refractivity contribution in [2.45, 2.75) is 25.7 Å². The Balaban J connectivity index is 1.74. The molecular weight excluding hydrogens is 340 g/mol. The number of methoxy groups -OCH3 is 1. The summed E-state index contributed by atoms with van der Waals surface area (Å²) >= 11 is 6.13. The maximum Gasteiger partial charge on any atom is 0.272 e. The van der Waals surface area contributed by atoms with E-state index in [0.717, 1.165) is 31.6 Å². The molecule has 2 aromatic rings. The number of ether oxygens (including phenoxy) is 1. The zero-order valence-electron chi connectivity index (χ0n) is 14.2. The fraction of sp³-hybridized carbons (Fsp3) is 0.389. The topological polar surface area (TPSA) is 67.3 Å². The Labute approximate surface area is 152 Å². The molecule has 132 valence electrons. The van der Waals surface area contributed by atoms with Gasteiger partial charge in [-0.25, -0.2) is 9.97 Å². The van der Waals surface area contributed by atoms with Crippen molar-refractivity contribution < 1.29 is 9.53 Å². The van der Waals surface area contributed by atoms with Crippen LogP contribution in [0.3, 0.4) is 0 Å². The molecule has 0 spiro atoms. The number of amides is 1. The molecule has 7 heteroatoms. The molecule has 2 heterocycles. The van der Waals surface area contributed by atoms with Crippen LogP contribution >= 0.6 is 11.6 Å². The lowest BCUT2D eigenvalue weighted by molar-refractivity contribution is 0.0755. The van der Waals surface area contributed by atoms with Crippen LogP contribution in [0.5, 0.6) is 5.75 Å². The van der Waals surface area contributed by atoms with Crippen molar-refractivity contribution in [3.8, 4) is 5.75 Å². The molecule has 0 atom stereocenters. The summed E-state index contributed by atoms with van der Waals surface area (Å²) in [4.78, 5) is 23.1. The Morgan fingerprint density at radius 1 is 1.20 bits per heavy atom. The van der Waals surface area contributed by atoms with Crippen LogP contribution in [0.25, 0.3) is 0 Å². The highest BCUT2D eigenvalue weighted by atomic mass is 35.5. The summed E-state index contributed by atoms with van der Waals surface area (Å²) in [6, 6.07) is 6.96. The lowest BCUT2D eigenvalue weighted by Gasteiger charge is -2.19. The second-order valence-corrected chi connectivity index (χ2v) is 6.35. The molecular formula is C18H21ClN4O2. The van der Waals surface area contributed by atoms with Crippen molar-refractivity contribution in [3.63, 3.8) is 0 Å². The third kappa shape index (κ3) is 4.39. The average Bonchev–Trinajstić information content (AvgIpc) is 2.91. The summed E-state index contributed by atoms with van der Waals surface area (Å²) in [5, 5.41) is 3.56. The number of hydrogen-bond acceptors (Lipinski definition) is 5. The van der Waals surface area contributed by atoms with Crippen molar-refractivity contribution in [2.75, 3.05) is 25.5 Å². The van der Waals surface area contributed by atoms with Gasteiger partial charge >= 0.3 is 0 Å². The number of hydrogen-bond donors (Lipinski definition) is 1. The van der Waals surface area contributed by atoms with Gasteiger partial charge in [0.05, 0.1) is 12.1 Å². The van der Waals surface area contributed by atoms with Gasteiger partial charge in [-0.05, 0) is 37.1 Å². The van der Waals surface area contributed by atoms with E-state index in [-0.39, 0.29) is 5.91 Å². The molecule has 0 aliphatic carbocycles. The Morgan fingerprint density at radius 3 is 2.64 bits per heavy atom. The van der Waals surface area contributed by atoms with E-state index in [1.165, 1.54) is 12.8 Å². The smallest absolute Gasteiger partial charge is 0.272 e. The molecule has 1 aliphatic rings. The van der Waals surface area contributed by atoms with Crippen molar-refractivity contribution in [3.05, 3.63) is 41.2 Å². The van der Waals surface area contributed by atoms with Crippen LogP contribution in [-0.2, 0) is 0 Å². The lowest BCUT2D eigenvalue weighted by Crippen LogP contribution is -2.32. The van der Waals surface area contributed by atoms with Crippen LogP contribution in [0.4, 0.5) is 11.6 Å². The first kappa shape index (κ1) is 17.5. The van der Waals surface area contributed by atoms with Gasteiger partial charge in [0.25, 0.3) is 5.91 Å². The Morgan fingerprint density at radius 2 is 1.96 bits per heavy atom. The van der Waals surface area contributed by atoms with E-state index in [0.29, 0.717) is 22.4 Å². The highest BCUT2D eigenvalue weighted by Gasteiger charge is 2.19. The first-order valence-corrected chi connectivity index (χ1v) is 8.78. The normalized spacial score (nSPS) is 14.7. The summed E-state index contributed by atoms with van der Waals surface area (Å²) in [6.07, 6.45) is 6.04. The van der Waals surface area contributed by atoms with Crippen molar-refractivity contribution in [2.24, 2.45) is 0 Å². The Bertz CT molecular complexity index is 746. The van der Waals surface area contributed by atoms with Crippen LogP contribution in [0.15, 0.2) is 30.5 Å². The first-order chi connectivity index (χ1) is 12.2. The van der Waals surface area contributed by atoms with Crippen LogP contribution < -0.4 is 10.1 Å². The van der Waals surface area contributed by atoms with E-state index < -0.39 is 0 Å². The number of nitrogens with one attached hydrogen (secondary N) is 1. The number of benzene rings is 1. The van der Waals surface area contributed by atoms with E-state index in [9.17, 15) is 4.79 Å². The van der Waals surface area contributed by atoms with Gasteiger partial charge in [0.15, 0.2) is 0 Å². The highest BCUT2D eigenvalue weighted by Crippen LogP contribution is 2.28. The van der Waals surface area contributed by atoms with Gasteiger partial charge in [-0.15, -0.1) is 0 Å². The monoisotopic (exact) mass is 360 g/mol. The molecule has 0 saturated carbocycles. The molecule has 1 saturated heterocycles. The van der Waals surface area contributed by atoms with Crippen molar-refractivity contribution in [1.29, 1.82) is 0 Å². The number of rotatable bonds is 4. The average molecular weight is 361 g/mol. The van der Waals surface area contributed by atoms with Gasteiger partial charge in [0.1, 0.15) is 11.4 Å². The van der Waals surface area contributed by atoms with Gasteiger partial charge in [-0.2, -0.15) is 0 Å². The van der Waals surface area contributed by atoms with Gasteiger partial charge in [0, 0.05) is 25.0 Å². The predicted molar refractivity (Wildman–Crippen MR) is 97.7 cm³/mol. The van der Waals surface area contributed by atoms with Gasteiger partial charge in [-0.1, -0.05) is 24.4 Å². The largest absolute Gasteiger partial charge is 0.495 e. The van der Waals surface area contributed by atoms with E-state index in [2.05, 4.69) is 15.3 Å². The zero-order valence-corrected chi connectivity index (χ0v) is 14.9. The molecule has 0 unspecified atom stereocenters. The van der Waals surface area contributed by atoms with Gasteiger partial charge in [-0.3, -0.25) is 4.79 Å². The van der Waals surface area contributed by atoms with Crippen molar-refractivity contribution in [1.82, 2.24) is 14.9 Å². The second kappa shape index (κ2) is 8.16. The summed E-state index contributed by atoms with van der Waals surface area (Å²) in [5.41, 5.74) is 1.13. The highest BCUT2D eigenvalue weighted by molar-refractivity contribution is 6.32. The molecule has 6 nitrogen and oxygen atoms in total. The summed E-state index contributed by atoms with van der Waals surface area (Å²) in [6.45, 7) is 1.58. The minimum atomic E-state index is -0.0416. The summed E-state index contributed by atoms with van der Waals surface area (Å²) in [7, 11) is 1.56. The quantitative estimate of drug-likeness (QED) is 0.895. The van der Waals surface area contributed by atoms with E-state index in [1.54, 1.807) is 31.5 Å². The van der Waals surface area contributed by atoms with Gasteiger partial charge in [0.2, 0.25) is 5.95 Å². The molecule has 1 aromatic heterocycles. The molecule has 1 fully saturated rings. The molecule has 1 amide bonds. The SMILES string of the molecule is COc1ccc(Nc2nccc(C(=O)N3CCCCCC3)n2)cc1Cl. The second-order valence-electron chi connectivity index (χ2n) is 5.95. The number of anilines is 2. The number of likely N-dealkylation sites (tertiary alicyclic amines) is 1. The van der Waals surface area contributed by atoms with E-state index in [4.69, 9.17) is 16.3 Å². The molecule has 1 aliphatic heterocycles. The minimum absolute atomic E-state index is 0.0416. The third-order valence-electron chi connectivity index (χ3n) is 4.18. The van der Waals surface area contributed by atoms with Crippen molar-refractivity contribution >= 4 is 29.1 Å². The standard InChI is InChI=1S/C18H21ClN4O2/c1-25-16-7-6-13(12-14(16)19)21-18-20-9-8-15(22-18)17(24)23-10-4-2-3-5-11-23/h6-9,12H,2-5,10-11H2,1H3,(H,20,21,22). The Kier molecular flexibility index (Phi) is 5.71. The maximum atomic E-state index is 12.7. The number of carbonyl (C=O) groups is 1. The van der Waals surface area contributed by atoms with E-state index in [1.807, 2.05) is 11.0 Å². The number of nitrogens with zero attached hydrogens (tertiary/aromatic N) is 3. The minimum Gasteiger partial charge on any atom is -0.495 e. The van der Waals surface area contributed by atoms with Crippen LogP contribution in [-0.4, -0.2) is 41.0 Å². The zero-order chi connectivity index (χ0) is 17.6. The molecule has 1 N–H and O–H groups in total. The lowest BCUT2D eigenvalue weighted by atomic mass is 10.2. The van der Waals surface area contributed by atoms with E-state index >= 15 is 0 Å². The third-order valence-corrected chi connectivity index (χ3v) is 4.47. The number of aromatic nitrogens is 2. The molecule has 0 bridgehead atoms. The molecule has 0 radical (unpaired) electrons. The molecule has 25 heavy (non-hydrogen) atoms. The van der Waals surface area contributed by atoms with Crippen LogP contribution in [0.1, 0.15) is 36.2 Å². The summed E-state index contributed by atoms with van der Waals surface area (Å²) in [5.74, 6) is 0.917. The number of halogens is 1. The Hall–Kier alpha value is -2.34. The summed E-state index contributed by atoms with van der Waals surface area (Å²) < 4.78 is 5.14. The van der Waals surface area contributed by atoms with Crippen LogP contribution in [0.2, 0.25) is 5.02 Å². The fourth-order valence-corrected chi connectivity index (χ4v) is 3.10. The molecule has 3 rings (SSSR count). The first-order valence-electron chi connectivity index (χ1n) is 8.40. The maximum absolute atomic E-state index is 12.7. The van der Waals surface area contributed by atoms with Crippen LogP contribution in [0, 0.1) is 0 Å². The predicted octanol–water partition coefficient (Wildman–Crippen LogP) is 3.90. The van der Waals surface area contributed by atoms with Gasteiger partial charge < -0.3 is 15.0 Å². The molecule has 1 aromatic carbocycles. The fourth-order valence-electron chi connectivity index (χ4n) is 2.85. The number of carbonyl (C=O) groups excluding carboxylic acids is 1.